The van der Waals surface area contributed by atoms with Gasteiger partial charge in [0.1, 0.15) is 0 Å². The summed E-state index contributed by atoms with van der Waals surface area (Å²) in [6.07, 6.45) is 22.3. The molecule has 0 saturated carbocycles. The number of carboxylic acids is 3. The Morgan fingerprint density at radius 1 is 0.567 bits per heavy atom. The normalized spacial score (nSPS) is 9.97. The molecule has 0 aromatic carbocycles. The number of hydrogen-bond donors (Lipinski definition) is 3. The molecule has 0 aliphatic rings. The lowest BCUT2D eigenvalue weighted by molar-refractivity contribution is -0.138. The summed E-state index contributed by atoms with van der Waals surface area (Å²) in [5.74, 6) is -2.21. The van der Waals surface area contributed by atoms with Gasteiger partial charge in [-0.2, -0.15) is 0 Å². The Kier molecular flexibility index (Phi) is 32.1. The van der Waals surface area contributed by atoms with Crippen LogP contribution in [-0.2, 0) is 14.4 Å². The number of rotatable bonds is 17. The Bertz CT molecular complexity index is 414. The van der Waals surface area contributed by atoms with Crippen molar-refractivity contribution in [3.8, 4) is 0 Å². The van der Waals surface area contributed by atoms with Gasteiger partial charge in [-0.3, -0.25) is 14.4 Å². The van der Waals surface area contributed by atoms with Crippen molar-refractivity contribution >= 4 is 17.9 Å². The van der Waals surface area contributed by atoms with Crippen molar-refractivity contribution in [1.29, 1.82) is 0 Å². The van der Waals surface area contributed by atoms with E-state index in [-0.39, 0.29) is 0 Å². The summed E-state index contributed by atoms with van der Waals surface area (Å²) in [5.41, 5.74) is 0. The Labute approximate surface area is 183 Å². The minimum absolute atomic E-state index is 0.292. The Morgan fingerprint density at radius 2 is 0.933 bits per heavy atom. The average molecular weight is 431 g/mol. The van der Waals surface area contributed by atoms with Crippen molar-refractivity contribution in [1.82, 2.24) is 0 Å². The Morgan fingerprint density at radius 3 is 1.27 bits per heavy atom. The summed E-state index contributed by atoms with van der Waals surface area (Å²) in [4.78, 5) is 28.9. The molecule has 30 heavy (non-hydrogen) atoms. The number of carboxylic acid groups (broad SMARTS) is 3. The van der Waals surface area contributed by atoms with E-state index in [2.05, 4.69) is 19.1 Å². The lowest BCUT2D eigenvalue weighted by Crippen LogP contribution is -1.93. The van der Waals surface area contributed by atoms with E-state index in [1.54, 1.807) is 0 Å². The van der Waals surface area contributed by atoms with E-state index >= 15 is 0 Å². The summed E-state index contributed by atoms with van der Waals surface area (Å²) in [6, 6.07) is 0. The third kappa shape index (κ3) is 50.2. The summed E-state index contributed by atoms with van der Waals surface area (Å²) < 4.78 is 0. The molecule has 0 aromatic rings. The van der Waals surface area contributed by atoms with Gasteiger partial charge in [0.25, 0.3) is 5.97 Å². The molecule has 0 fully saturated rings. The standard InChI is InChI=1S/C18H34O2.C4H8O2.C2H4O2/c1-2-3-4-5-6-7-8-9-10-11-12-13-14-15-16-17-18(19)20;1-2-3-4(5)6;1-2(3)4/h9-10H,2-8,11-17H2,1H3,(H,19,20);2-3H2,1H3,(H,5,6);1H3,(H,3,4)/b10-9-;;. The van der Waals surface area contributed by atoms with Gasteiger partial charge in [0.2, 0.25) is 0 Å². The second kappa shape index (κ2) is 29.4. The van der Waals surface area contributed by atoms with E-state index in [1.165, 1.54) is 70.6 Å². The van der Waals surface area contributed by atoms with Crippen LogP contribution in [0.1, 0.15) is 124 Å². The van der Waals surface area contributed by atoms with Crippen LogP contribution in [-0.4, -0.2) is 33.2 Å². The van der Waals surface area contributed by atoms with Crippen LogP contribution in [0.2, 0.25) is 0 Å². The van der Waals surface area contributed by atoms with Crippen molar-refractivity contribution in [3.05, 3.63) is 12.2 Å². The largest absolute Gasteiger partial charge is 0.481 e. The molecule has 0 amide bonds. The van der Waals surface area contributed by atoms with E-state index in [0.717, 1.165) is 26.2 Å². The molecule has 0 aliphatic heterocycles. The molecule has 0 heterocycles. The Hall–Kier alpha value is -1.85. The lowest BCUT2D eigenvalue weighted by Gasteiger charge is -1.99. The first kappa shape index (κ1) is 32.8. The van der Waals surface area contributed by atoms with Gasteiger partial charge >= 0.3 is 11.9 Å². The second-order valence-corrected chi connectivity index (χ2v) is 7.39. The van der Waals surface area contributed by atoms with Gasteiger partial charge in [0, 0.05) is 19.8 Å². The summed E-state index contributed by atoms with van der Waals surface area (Å²) in [6.45, 7) is 5.18. The van der Waals surface area contributed by atoms with Crippen LogP contribution in [0.15, 0.2) is 12.2 Å². The minimum atomic E-state index is -0.833. The molecule has 6 heteroatoms. The van der Waals surface area contributed by atoms with Gasteiger partial charge in [0.15, 0.2) is 0 Å². The molecule has 0 radical (unpaired) electrons. The molecule has 0 aromatic heterocycles. The molecule has 178 valence electrons. The van der Waals surface area contributed by atoms with E-state index < -0.39 is 17.9 Å². The van der Waals surface area contributed by atoms with E-state index in [9.17, 15) is 9.59 Å². The molecule has 0 saturated heterocycles. The average Bonchev–Trinajstić information content (AvgIpc) is 2.64. The fourth-order valence-electron chi connectivity index (χ4n) is 2.56. The predicted octanol–water partition coefficient (Wildman–Crippen LogP) is 7.07. The van der Waals surface area contributed by atoms with Crippen LogP contribution in [0.25, 0.3) is 0 Å². The topological polar surface area (TPSA) is 112 Å². The highest BCUT2D eigenvalue weighted by Crippen LogP contribution is 2.09. The number of allylic oxidation sites excluding steroid dienone is 2. The third-order valence-corrected chi connectivity index (χ3v) is 4.12. The van der Waals surface area contributed by atoms with E-state index in [1.807, 2.05) is 6.92 Å². The third-order valence-electron chi connectivity index (χ3n) is 4.12. The highest BCUT2D eigenvalue weighted by molar-refractivity contribution is 5.66. The zero-order valence-corrected chi connectivity index (χ0v) is 19.5. The maximum Gasteiger partial charge on any atom is 0.303 e. The van der Waals surface area contributed by atoms with Crippen LogP contribution in [0.5, 0.6) is 0 Å². The van der Waals surface area contributed by atoms with Gasteiger partial charge in [0.05, 0.1) is 0 Å². The maximum absolute atomic E-state index is 10.3. The Balaban J connectivity index is -0.000000600. The first-order valence-corrected chi connectivity index (χ1v) is 11.6. The first-order chi connectivity index (χ1) is 14.3. The van der Waals surface area contributed by atoms with Crippen LogP contribution in [0, 0.1) is 0 Å². The van der Waals surface area contributed by atoms with Gasteiger partial charge in [-0.05, 0) is 38.5 Å². The molecule has 0 aliphatic carbocycles. The number of carbonyl (C=O) groups is 3. The SMILES string of the molecule is CC(=O)O.CCCC(=O)O.CCCCCCCC/C=C\CCCCCCCC(=O)O. The van der Waals surface area contributed by atoms with Crippen molar-refractivity contribution in [2.24, 2.45) is 0 Å². The van der Waals surface area contributed by atoms with Gasteiger partial charge in [-0.15, -0.1) is 0 Å². The molecule has 3 N–H and O–H groups in total. The van der Waals surface area contributed by atoms with Crippen LogP contribution < -0.4 is 0 Å². The van der Waals surface area contributed by atoms with E-state index in [4.69, 9.17) is 20.1 Å². The number of unbranched alkanes of at least 4 members (excludes halogenated alkanes) is 11. The summed E-state index contributed by atoms with van der Waals surface area (Å²) in [5, 5.41) is 23.8. The fraction of sp³-hybridized carbons (Fsp3) is 0.792. The lowest BCUT2D eigenvalue weighted by atomic mass is 10.1. The fourth-order valence-corrected chi connectivity index (χ4v) is 2.56. The molecule has 0 atom stereocenters. The van der Waals surface area contributed by atoms with Gasteiger partial charge < -0.3 is 15.3 Å². The summed E-state index contributed by atoms with van der Waals surface area (Å²) in [7, 11) is 0. The van der Waals surface area contributed by atoms with Gasteiger partial charge in [-0.25, -0.2) is 0 Å². The maximum atomic E-state index is 10.3. The smallest absolute Gasteiger partial charge is 0.303 e. The highest BCUT2D eigenvalue weighted by Gasteiger charge is 1.95. The zero-order chi connectivity index (χ0) is 23.5. The van der Waals surface area contributed by atoms with E-state index in [0.29, 0.717) is 12.8 Å². The first-order valence-electron chi connectivity index (χ1n) is 11.6. The monoisotopic (exact) mass is 430 g/mol. The molecular formula is C24H46O6. The van der Waals surface area contributed by atoms with Crippen molar-refractivity contribution < 1.29 is 29.7 Å². The quantitative estimate of drug-likeness (QED) is 0.168. The van der Waals surface area contributed by atoms with Crippen molar-refractivity contribution in [3.63, 3.8) is 0 Å². The molecule has 0 spiro atoms. The van der Waals surface area contributed by atoms with Gasteiger partial charge in [-0.1, -0.05) is 77.4 Å². The number of hydrogen-bond acceptors (Lipinski definition) is 3. The van der Waals surface area contributed by atoms with Crippen molar-refractivity contribution in [2.45, 2.75) is 124 Å². The van der Waals surface area contributed by atoms with Crippen LogP contribution in [0.3, 0.4) is 0 Å². The molecule has 0 bridgehead atoms. The van der Waals surface area contributed by atoms with Crippen LogP contribution >= 0.6 is 0 Å². The minimum Gasteiger partial charge on any atom is -0.481 e. The molecule has 0 unspecified atom stereocenters. The van der Waals surface area contributed by atoms with Crippen LogP contribution in [0.4, 0.5) is 0 Å². The van der Waals surface area contributed by atoms with Crippen molar-refractivity contribution in [2.75, 3.05) is 0 Å². The predicted molar refractivity (Wildman–Crippen MR) is 123 cm³/mol. The molecule has 0 rings (SSSR count). The number of aliphatic carboxylic acids is 3. The zero-order valence-electron chi connectivity index (χ0n) is 19.5. The molecule has 6 nitrogen and oxygen atoms in total. The highest BCUT2D eigenvalue weighted by atomic mass is 16.4. The second-order valence-electron chi connectivity index (χ2n) is 7.39. The molecular weight excluding hydrogens is 384 g/mol. The summed E-state index contributed by atoms with van der Waals surface area (Å²) >= 11 is 0.